The van der Waals surface area contributed by atoms with Crippen molar-refractivity contribution in [3.05, 3.63) is 0 Å². The number of ether oxygens (including phenoxy) is 1. The van der Waals surface area contributed by atoms with Gasteiger partial charge < -0.3 is 4.74 Å². The summed E-state index contributed by atoms with van der Waals surface area (Å²) in [7, 11) is 2.18. The van der Waals surface area contributed by atoms with Crippen LogP contribution in [0.25, 0.3) is 0 Å². The Hall–Kier alpha value is -0.590. The third-order valence-electron chi connectivity index (χ3n) is 4.48. The summed E-state index contributed by atoms with van der Waals surface area (Å²) in [6.45, 7) is 1.92. The van der Waals surface area contributed by atoms with Crippen molar-refractivity contribution < 1.29 is 4.74 Å². The Morgan fingerprint density at radius 1 is 1.11 bits per heavy atom. The van der Waals surface area contributed by atoms with Crippen LogP contribution in [0.1, 0.15) is 51.4 Å². The predicted octanol–water partition coefficient (Wildman–Crippen LogP) is 2.96. The van der Waals surface area contributed by atoms with Crippen LogP contribution in [-0.4, -0.2) is 37.2 Å². The van der Waals surface area contributed by atoms with E-state index in [0.717, 1.165) is 19.6 Å². The fourth-order valence-corrected chi connectivity index (χ4v) is 3.37. The number of nitriles is 1. The summed E-state index contributed by atoms with van der Waals surface area (Å²) in [5.74, 6) is 0.223. The summed E-state index contributed by atoms with van der Waals surface area (Å²) >= 11 is 0. The second-order valence-corrected chi connectivity index (χ2v) is 5.87. The van der Waals surface area contributed by atoms with Gasteiger partial charge >= 0.3 is 0 Å². The highest BCUT2D eigenvalue weighted by molar-refractivity contribution is 4.94. The third kappa shape index (κ3) is 3.70. The number of nitrogens with zero attached hydrogens (tertiary/aromatic N) is 2. The zero-order chi connectivity index (χ0) is 12.8. The average Bonchev–Trinajstić information content (AvgIpc) is 2.64. The molecule has 0 amide bonds. The molecule has 18 heavy (non-hydrogen) atoms. The minimum absolute atomic E-state index is 0.223. The van der Waals surface area contributed by atoms with Crippen LogP contribution in [-0.2, 0) is 4.74 Å². The van der Waals surface area contributed by atoms with Crippen LogP contribution in [0.3, 0.4) is 0 Å². The zero-order valence-corrected chi connectivity index (χ0v) is 11.6. The lowest BCUT2D eigenvalue weighted by molar-refractivity contribution is -0.0116. The molecule has 0 bridgehead atoms. The molecule has 1 aliphatic heterocycles. The Balaban J connectivity index is 1.88. The molecular formula is C15H26N2O. The van der Waals surface area contributed by atoms with Gasteiger partial charge in [0.15, 0.2) is 0 Å². The Morgan fingerprint density at radius 2 is 1.89 bits per heavy atom. The molecule has 0 aromatic heterocycles. The Bertz CT molecular complexity index is 281. The SMILES string of the molecule is CN(CC1CCCCO1)C1CCCCCC1C#N. The summed E-state index contributed by atoms with van der Waals surface area (Å²) in [5.41, 5.74) is 0. The maximum absolute atomic E-state index is 9.33. The molecule has 0 aromatic rings. The molecular weight excluding hydrogens is 224 g/mol. The maximum atomic E-state index is 9.33. The lowest BCUT2D eigenvalue weighted by Crippen LogP contribution is -2.42. The molecule has 1 saturated heterocycles. The summed E-state index contributed by atoms with van der Waals surface area (Å²) in [5, 5.41) is 9.33. The molecule has 2 aliphatic rings. The molecule has 1 aliphatic carbocycles. The van der Waals surface area contributed by atoms with Crippen molar-refractivity contribution in [2.45, 2.75) is 63.5 Å². The average molecular weight is 250 g/mol. The summed E-state index contributed by atoms with van der Waals surface area (Å²) < 4.78 is 5.81. The van der Waals surface area contributed by atoms with E-state index in [0.29, 0.717) is 12.1 Å². The van der Waals surface area contributed by atoms with Crippen molar-refractivity contribution in [1.82, 2.24) is 4.90 Å². The molecule has 0 radical (unpaired) electrons. The van der Waals surface area contributed by atoms with E-state index in [1.165, 1.54) is 44.9 Å². The molecule has 3 nitrogen and oxygen atoms in total. The summed E-state index contributed by atoms with van der Waals surface area (Å²) in [6, 6.07) is 2.98. The van der Waals surface area contributed by atoms with E-state index in [9.17, 15) is 5.26 Å². The highest BCUT2D eigenvalue weighted by Gasteiger charge is 2.28. The molecule has 1 heterocycles. The molecule has 2 rings (SSSR count). The van der Waals surface area contributed by atoms with Gasteiger partial charge in [-0.2, -0.15) is 5.26 Å². The van der Waals surface area contributed by atoms with Gasteiger partial charge in [-0.3, -0.25) is 4.90 Å². The van der Waals surface area contributed by atoms with Crippen molar-refractivity contribution in [3.8, 4) is 6.07 Å². The van der Waals surface area contributed by atoms with Gasteiger partial charge in [0.05, 0.1) is 18.1 Å². The van der Waals surface area contributed by atoms with Crippen molar-refractivity contribution in [3.63, 3.8) is 0 Å². The van der Waals surface area contributed by atoms with Crippen molar-refractivity contribution in [2.24, 2.45) is 5.92 Å². The van der Waals surface area contributed by atoms with Crippen LogP contribution >= 0.6 is 0 Å². The van der Waals surface area contributed by atoms with Crippen LogP contribution in [0.15, 0.2) is 0 Å². The molecule has 3 unspecified atom stereocenters. The van der Waals surface area contributed by atoms with Gasteiger partial charge in [0.1, 0.15) is 0 Å². The van der Waals surface area contributed by atoms with Crippen molar-refractivity contribution in [2.75, 3.05) is 20.2 Å². The molecule has 0 N–H and O–H groups in total. The normalized spacial score (nSPS) is 33.9. The molecule has 3 atom stereocenters. The van der Waals surface area contributed by atoms with Crippen LogP contribution < -0.4 is 0 Å². The Labute approximate surface area is 111 Å². The van der Waals surface area contributed by atoms with Crippen LogP contribution in [0.2, 0.25) is 0 Å². The second-order valence-electron chi connectivity index (χ2n) is 5.87. The lowest BCUT2D eigenvalue weighted by atomic mass is 9.94. The van der Waals surface area contributed by atoms with Gasteiger partial charge in [0.2, 0.25) is 0 Å². The smallest absolute Gasteiger partial charge is 0.0702 e. The number of hydrogen-bond acceptors (Lipinski definition) is 3. The van der Waals surface area contributed by atoms with Gasteiger partial charge in [0, 0.05) is 19.2 Å². The number of likely N-dealkylation sites (N-methyl/N-ethyl adjacent to an activating group) is 1. The van der Waals surface area contributed by atoms with Crippen LogP contribution in [0, 0.1) is 17.2 Å². The van der Waals surface area contributed by atoms with E-state index in [4.69, 9.17) is 4.74 Å². The lowest BCUT2D eigenvalue weighted by Gasteiger charge is -2.34. The fraction of sp³-hybridized carbons (Fsp3) is 0.933. The molecule has 102 valence electrons. The van der Waals surface area contributed by atoms with Gasteiger partial charge in [-0.15, -0.1) is 0 Å². The fourth-order valence-electron chi connectivity index (χ4n) is 3.37. The quantitative estimate of drug-likeness (QED) is 0.723. The first-order valence-electron chi connectivity index (χ1n) is 7.52. The van der Waals surface area contributed by atoms with E-state index in [1.54, 1.807) is 0 Å². The topological polar surface area (TPSA) is 36.3 Å². The van der Waals surface area contributed by atoms with Crippen LogP contribution in [0.4, 0.5) is 0 Å². The highest BCUT2D eigenvalue weighted by atomic mass is 16.5. The molecule has 3 heteroatoms. The van der Waals surface area contributed by atoms with E-state index in [-0.39, 0.29) is 5.92 Å². The minimum Gasteiger partial charge on any atom is -0.377 e. The molecule has 0 aromatic carbocycles. The maximum Gasteiger partial charge on any atom is 0.0702 e. The first-order valence-corrected chi connectivity index (χ1v) is 7.52. The third-order valence-corrected chi connectivity index (χ3v) is 4.48. The summed E-state index contributed by atoms with van der Waals surface area (Å²) in [4.78, 5) is 2.40. The second kappa shape index (κ2) is 7.11. The molecule has 1 saturated carbocycles. The van der Waals surface area contributed by atoms with E-state index >= 15 is 0 Å². The van der Waals surface area contributed by atoms with Gasteiger partial charge in [-0.25, -0.2) is 0 Å². The minimum atomic E-state index is 0.223. The standard InChI is InChI=1S/C15H26N2O/c1-17(12-14-8-5-6-10-18-14)15-9-4-2-3-7-13(15)11-16/h13-15H,2-10,12H2,1H3. The van der Waals surface area contributed by atoms with Gasteiger partial charge in [-0.1, -0.05) is 19.3 Å². The Kier molecular flexibility index (Phi) is 5.46. The van der Waals surface area contributed by atoms with Crippen molar-refractivity contribution in [1.29, 1.82) is 5.26 Å². The zero-order valence-electron chi connectivity index (χ0n) is 11.6. The van der Waals surface area contributed by atoms with Gasteiger partial charge in [0.25, 0.3) is 0 Å². The molecule has 0 spiro atoms. The van der Waals surface area contributed by atoms with E-state index < -0.39 is 0 Å². The molecule has 2 fully saturated rings. The monoisotopic (exact) mass is 250 g/mol. The van der Waals surface area contributed by atoms with E-state index in [2.05, 4.69) is 18.0 Å². The first-order chi connectivity index (χ1) is 8.81. The summed E-state index contributed by atoms with van der Waals surface area (Å²) in [6.07, 6.45) is 10.2. The highest BCUT2D eigenvalue weighted by Crippen LogP contribution is 2.27. The predicted molar refractivity (Wildman–Crippen MR) is 72.2 cm³/mol. The van der Waals surface area contributed by atoms with E-state index in [1.807, 2.05) is 0 Å². The number of rotatable bonds is 3. The van der Waals surface area contributed by atoms with Gasteiger partial charge in [-0.05, 0) is 39.2 Å². The first kappa shape index (κ1) is 13.8. The largest absolute Gasteiger partial charge is 0.377 e. The Morgan fingerprint density at radius 3 is 2.61 bits per heavy atom. The van der Waals surface area contributed by atoms with Crippen molar-refractivity contribution >= 4 is 0 Å². The number of hydrogen-bond donors (Lipinski definition) is 0. The van der Waals surface area contributed by atoms with Crippen LogP contribution in [0.5, 0.6) is 0 Å².